The molecule has 0 fully saturated rings. The Morgan fingerprint density at radius 2 is 2.28 bits per heavy atom. The lowest BCUT2D eigenvalue weighted by Crippen LogP contribution is -2.00. The summed E-state index contributed by atoms with van der Waals surface area (Å²) in [4.78, 5) is 5.67. The van der Waals surface area contributed by atoms with Crippen LogP contribution in [0.1, 0.15) is 10.6 Å². The number of halogens is 1. The maximum Gasteiger partial charge on any atom is 0.243 e. The van der Waals surface area contributed by atoms with Gasteiger partial charge in [-0.05, 0) is 46.4 Å². The van der Waals surface area contributed by atoms with Crippen LogP contribution in [0.15, 0.2) is 34.1 Å². The lowest BCUT2D eigenvalue weighted by atomic mass is 10.4. The monoisotopic (exact) mass is 322 g/mol. The molecule has 0 aliphatic rings. The van der Waals surface area contributed by atoms with E-state index in [0.29, 0.717) is 5.95 Å². The molecule has 92 valence electrons. The second kappa shape index (κ2) is 4.70. The Hall–Kier alpha value is -1.40. The topological polar surface area (TPSA) is 42.2 Å². The van der Waals surface area contributed by atoms with Crippen molar-refractivity contribution in [2.24, 2.45) is 0 Å². The van der Waals surface area contributed by atoms with Crippen molar-refractivity contribution in [3.05, 3.63) is 44.7 Å². The molecule has 0 aromatic carbocycles. The van der Waals surface area contributed by atoms with Crippen LogP contribution in [0.25, 0.3) is 5.65 Å². The zero-order chi connectivity index (χ0) is 12.5. The van der Waals surface area contributed by atoms with E-state index in [1.54, 1.807) is 11.3 Å². The second-order valence-corrected chi connectivity index (χ2v) is 5.77. The van der Waals surface area contributed by atoms with Crippen LogP contribution in [0.4, 0.5) is 5.95 Å². The van der Waals surface area contributed by atoms with Crippen molar-refractivity contribution in [1.82, 2.24) is 14.6 Å². The maximum absolute atomic E-state index is 4.43. The molecule has 0 amide bonds. The van der Waals surface area contributed by atoms with Gasteiger partial charge in [-0.25, -0.2) is 4.52 Å². The Bertz CT molecular complexity index is 688. The van der Waals surface area contributed by atoms with E-state index in [0.717, 1.165) is 22.4 Å². The van der Waals surface area contributed by atoms with Crippen molar-refractivity contribution in [3.63, 3.8) is 0 Å². The van der Waals surface area contributed by atoms with Gasteiger partial charge in [0.05, 0.1) is 6.54 Å². The lowest BCUT2D eigenvalue weighted by Gasteiger charge is -1.99. The van der Waals surface area contributed by atoms with Crippen molar-refractivity contribution >= 4 is 38.9 Å². The number of hydrogen-bond acceptors (Lipinski definition) is 4. The second-order valence-electron chi connectivity index (χ2n) is 3.92. The first-order valence-electron chi connectivity index (χ1n) is 5.52. The third-order valence-corrected chi connectivity index (χ3v) is 4.57. The van der Waals surface area contributed by atoms with Crippen LogP contribution in [0.5, 0.6) is 0 Å². The molecular weight excluding hydrogens is 312 g/mol. The van der Waals surface area contributed by atoms with E-state index in [2.05, 4.69) is 36.7 Å². The molecule has 0 atom stereocenters. The predicted molar refractivity (Wildman–Crippen MR) is 77.1 cm³/mol. The summed E-state index contributed by atoms with van der Waals surface area (Å²) >= 11 is 5.22. The Balaban J connectivity index is 1.83. The number of nitrogens with zero attached hydrogens (tertiary/aromatic N) is 3. The van der Waals surface area contributed by atoms with Gasteiger partial charge < -0.3 is 5.32 Å². The number of fused-ring (bicyclic) bond motifs is 1. The number of anilines is 1. The normalized spacial score (nSPS) is 11.0. The van der Waals surface area contributed by atoms with Gasteiger partial charge in [0.15, 0.2) is 5.65 Å². The summed E-state index contributed by atoms with van der Waals surface area (Å²) in [5.41, 5.74) is 1.94. The maximum atomic E-state index is 4.43. The van der Waals surface area contributed by atoms with Gasteiger partial charge in [-0.15, -0.1) is 16.4 Å². The quantitative estimate of drug-likeness (QED) is 0.802. The Morgan fingerprint density at radius 3 is 3.00 bits per heavy atom. The molecule has 1 N–H and O–H groups in total. The minimum Gasteiger partial charge on any atom is -0.348 e. The van der Waals surface area contributed by atoms with E-state index in [9.17, 15) is 0 Å². The summed E-state index contributed by atoms with van der Waals surface area (Å²) in [6.45, 7) is 2.75. The molecule has 0 radical (unpaired) electrons. The van der Waals surface area contributed by atoms with Crippen LogP contribution in [0.2, 0.25) is 0 Å². The summed E-state index contributed by atoms with van der Waals surface area (Å²) in [6.07, 6.45) is 0. The fourth-order valence-corrected chi connectivity index (χ4v) is 3.15. The van der Waals surface area contributed by atoms with Crippen molar-refractivity contribution in [3.8, 4) is 0 Å². The Labute approximate surface area is 117 Å². The third-order valence-electron chi connectivity index (χ3n) is 2.65. The fraction of sp³-hybridized carbons (Fsp3) is 0.167. The molecular formula is C12H11BrN4S. The number of aryl methyl sites for hydroxylation is 1. The molecule has 0 saturated carbocycles. The standard InChI is InChI=1S/C12H11BrN4S/c1-8-3-2-4-11-15-12(16-17(8)11)14-7-10-9(13)5-6-18-10/h2-6H,7H2,1H3,(H,14,16). The van der Waals surface area contributed by atoms with Crippen LogP contribution >= 0.6 is 27.3 Å². The molecule has 0 unspecified atom stereocenters. The highest BCUT2D eigenvalue weighted by molar-refractivity contribution is 9.10. The van der Waals surface area contributed by atoms with Gasteiger partial charge in [0, 0.05) is 15.0 Å². The minimum absolute atomic E-state index is 0.657. The minimum atomic E-state index is 0.657. The van der Waals surface area contributed by atoms with E-state index < -0.39 is 0 Å². The van der Waals surface area contributed by atoms with Gasteiger partial charge in [0.1, 0.15) is 0 Å². The third kappa shape index (κ3) is 2.13. The zero-order valence-electron chi connectivity index (χ0n) is 9.72. The van der Waals surface area contributed by atoms with E-state index in [1.165, 1.54) is 4.88 Å². The SMILES string of the molecule is Cc1cccc2nc(NCc3sccc3Br)nn12. The van der Waals surface area contributed by atoms with Gasteiger partial charge in [-0.3, -0.25) is 0 Å². The smallest absolute Gasteiger partial charge is 0.243 e. The molecule has 0 saturated heterocycles. The van der Waals surface area contributed by atoms with Crippen molar-refractivity contribution in [2.45, 2.75) is 13.5 Å². The summed E-state index contributed by atoms with van der Waals surface area (Å²) in [5, 5.41) is 9.72. The van der Waals surface area contributed by atoms with E-state index >= 15 is 0 Å². The van der Waals surface area contributed by atoms with Crippen LogP contribution in [0.3, 0.4) is 0 Å². The molecule has 4 nitrogen and oxygen atoms in total. The van der Waals surface area contributed by atoms with E-state index in [4.69, 9.17) is 0 Å². The van der Waals surface area contributed by atoms with Gasteiger partial charge in [-0.2, -0.15) is 4.98 Å². The molecule has 0 bridgehead atoms. The van der Waals surface area contributed by atoms with Crippen LogP contribution in [-0.2, 0) is 6.54 Å². The van der Waals surface area contributed by atoms with E-state index in [1.807, 2.05) is 35.7 Å². The number of hydrogen-bond donors (Lipinski definition) is 1. The Kier molecular flexibility index (Phi) is 3.05. The lowest BCUT2D eigenvalue weighted by molar-refractivity contribution is 0.910. The molecule has 3 heterocycles. The molecule has 0 aliphatic carbocycles. The first kappa shape index (κ1) is 11.7. The first-order chi connectivity index (χ1) is 8.74. The van der Waals surface area contributed by atoms with Crippen LogP contribution in [0, 0.1) is 6.92 Å². The number of pyridine rings is 1. The summed E-state index contributed by atoms with van der Waals surface area (Å²) in [7, 11) is 0. The highest BCUT2D eigenvalue weighted by Gasteiger charge is 2.06. The Morgan fingerprint density at radius 1 is 1.39 bits per heavy atom. The van der Waals surface area contributed by atoms with Crippen molar-refractivity contribution in [1.29, 1.82) is 0 Å². The molecule has 0 aliphatic heterocycles. The molecule has 18 heavy (non-hydrogen) atoms. The summed E-state index contributed by atoms with van der Waals surface area (Å²) < 4.78 is 2.96. The number of nitrogens with one attached hydrogen (secondary N) is 1. The largest absolute Gasteiger partial charge is 0.348 e. The first-order valence-corrected chi connectivity index (χ1v) is 7.19. The summed E-state index contributed by atoms with van der Waals surface area (Å²) in [6, 6.07) is 8.00. The predicted octanol–water partition coefficient (Wildman–Crippen LogP) is 3.47. The molecule has 0 spiro atoms. The molecule has 3 rings (SSSR count). The van der Waals surface area contributed by atoms with Crippen LogP contribution < -0.4 is 5.32 Å². The van der Waals surface area contributed by atoms with Gasteiger partial charge in [0.2, 0.25) is 5.95 Å². The van der Waals surface area contributed by atoms with E-state index in [-0.39, 0.29) is 0 Å². The van der Waals surface area contributed by atoms with Gasteiger partial charge >= 0.3 is 0 Å². The fourth-order valence-electron chi connectivity index (χ4n) is 1.72. The zero-order valence-corrected chi connectivity index (χ0v) is 12.1. The highest BCUT2D eigenvalue weighted by Crippen LogP contribution is 2.23. The van der Waals surface area contributed by atoms with Gasteiger partial charge in [-0.1, -0.05) is 6.07 Å². The average Bonchev–Trinajstić information content (AvgIpc) is 2.93. The highest BCUT2D eigenvalue weighted by atomic mass is 79.9. The molecule has 6 heteroatoms. The number of rotatable bonds is 3. The van der Waals surface area contributed by atoms with Crippen LogP contribution in [-0.4, -0.2) is 14.6 Å². The number of thiophene rings is 1. The molecule has 3 aromatic rings. The van der Waals surface area contributed by atoms with Crippen molar-refractivity contribution in [2.75, 3.05) is 5.32 Å². The van der Waals surface area contributed by atoms with Crippen molar-refractivity contribution < 1.29 is 0 Å². The van der Waals surface area contributed by atoms with Gasteiger partial charge in [0.25, 0.3) is 0 Å². The molecule has 3 aromatic heterocycles. The average molecular weight is 323 g/mol. The summed E-state index contributed by atoms with van der Waals surface area (Å²) in [5.74, 6) is 0.657. The number of aromatic nitrogens is 3.